The quantitative estimate of drug-likeness (QED) is 0.317. The molecule has 0 unspecified atom stereocenters. The van der Waals surface area contributed by atoms with E-state index in [2.05, 4.69) is 0 Å². The summed E-state index contributed by atoms with van der Waals surface area (Å²) in [6, 6.07) is 6.49. The molecule has 1 aromatic carbocycles. The predicted molar refractivity (Wildman–Crippen MR) is 64.0 cm³/mol. The molecule has 6 nitrogen and oxygen atoms in total. The Morgan fingerprint density at radius 1 is 1.39 bits per heavy atom. The molecular weight excluding hydrogens is 431 g/mol. The fraction of sp³-hybridized carbons (Fsp3) is 0.273. The molecule has 3 N–H and O–H groups in total. The van der Waals surface area contributed by atoms with Gasteiger partial charge >= 0.3 is 121 Å². The number of aliphatic hydroxyl groups excluding tert-OH is 1. The van der Waals surface area contributed by atoms with E-state index in [4.69, 9.17) is 10.3 Å². The van der Waals surface area contributed by atoms with E-state index in [1.807, 2.05) is 0 Å². The average Bonchev–Trinajstić information content (AvgIpc) is 2.38. The first-order valence-corrected chi connectivity index (χ1v) is 6.98. The number of aliphatic hydroxyl groups is 1. The van der Waals surface area contributed by atoms with Crippen molar-refractivity contribution in [2.24, 2.45) is 0 Å². The van der Waals surface area contributed by atoms with Crippen molar-refractivity contribution in [2.45, 2.75) is 6.42 Å². The second-order valence-electron chi connectivity index (χ2n) is 3.59. The Morgan fingerprint density at radius 2 is 2.11 bits per heavy atom. The van der Waals surface area contributed by atoms with Crippen LogP contribution in [-0.2, 0) is 11.2 Å². The summed E-state index contributed by atoms with van der Waals surface area (Å²) in [4.78, 5) is 23.0. The van der Waals surface area contributed by atoms with E-state index in [0.29, 0.717) is 43.7 Å². The SMILES string of the molecule is O=C(NO)c1cccc(CC(=O)[N]([Pb])CCO)c1. The normalized spacial score (nSPS) is 9.94. The van der Waals surface area contributed by atoms with E-state index >= 15 is 0 Å². The minimum absolute atomic E-state index is 0.0534. The summed E-state index contributed by atoms with van der Waals surface area (Å²) in [5.74, 6) is -0.695. The summed E-state index contributed by atoms with van der Waals surface area (Å²) in [5, 5.41) is 17.3. The molecule has 0 spiro atoms. The van der Waals surface area contributed by atoms with Crippen molar-refractivity contribution in [3.63, 3.8) is 0 Å². The first-order chi connectivity index (χ1) is 8.58. The van der Waals surface area contributed by atoms with E-state index in [0.717, 1.165) is 0 Å². The van der Waals surface area contributed by atoms with E-state index in [1.165, 1.54) is 0 Å². The number of nitrogens with zero attached hydrogens (tertiary/aromatic N) is 1. The second-order valence-corrected chi connectivity index (χ2v) is 5.69. The number of rotatable bonds is 5. The third-order valence-electron chi connectivity index (χ3n) is 2.27. The Balaban J connectivity index is 2.73. The topological polar surface area (TPSA) is 89.9 Å². The fourth-order valence-corrected chi connectivity index (χ4v) is 2.08. The maximum atomic E-state index is 11.8. The Morgan fingerprint density at radius 3 is 2.72 bits per heavy atom. The van der Waals surface area contributed by atoms with Gasteiger partial charge in [0.15, 0.2) is 0 Å². The van der Waals surface area contributed by atoms with Crippen molar-refractivity contribution in [2.75, 3.05) is 13.2 Å². The standard InChI is InChI=1S/C11H14N2O4.Pb/c14-5-4-12-10(15)7-8-2-1-3-9(6-8)11(16)13-17;/h1-3,6,14H,4-5,7H2,(H3,12,13,15,16,17);/q;+1/p-1. The fourth-order valence-electron chi connectivity index (χ4n) is 1.38. The molecule has 3 radical (unpaired) electrons. The van der Waals surface area contributed by atoms with Crippen molar-refractivity contribution in [1.82, 2.24) is 8.19 Å². The van der Waals surface area contributed by atoms with Gasteiger partial charge in [0.1, 0.15) is 0 Å². The van der Waals surface area contributed by atoms with Crippen LogP contribution in [0.15, 0.2) is 24.3 Å². The van der Waals surface area contributed by atoms with Crippen LogP contribution in [0.5, 0.6) is 0 Å². The summed E-state index contributed by atoms with van der Waals surface area (Å²) < 4.78 is 1.55. The van der Waals surface area contributed by atoms with Crippen LogP contribution in [0.1, 0.15) is 15.9 Å². The van der Waals surface area contributed by atoms with Crippen LogP contribution in [0.4, 0.5) is 0 Å². The summed E-state index contributed by atoms with van der Waals surface area (Å²) in [5.41, 5.74) is 2.53. The van der Waals surface area contributed by atoms with Gasteiger partial charge in [-0.05, 0) is 0 Å². The molecule has 0 aliphatic carbocycles. The van der Waals surface area contributed by atoms with Crippen LogP contribution in [0.2, 0.25) is 0 Å². The molecule has 0 saturated carbocycles. The predicted octanol–water partition coefficient (Wildman–Crippen LogP) is -0.747. The zero-order chi connectivity index (χ0) is 13.5. The molecule has 0 bridgehead atoms. The summed E-state index contributed by atoms with van der Waals surface area (Å²) >= 11 is 0.543. The van der Waals surface area contributed by atoms with Crippen LogP contribution in [0.25, 0.3) is 0 Å². The molecular formula is C11H13N2O4Pb. The number of carbonyl (C=O) groups is 2. The molecule has 2 amide bonds. The van der Waals surface area contributed by atoms with Crippen molar-refractivity contribution in [1.29, 1.82) is 0 Å². The number of hydrogen-bond acceptors (Lipinski definition) is 4. The molecule has 0 heterocycles. The zero-order valence-corrected chi connectivity index (χ0v) is 13.5. The number of amides is 2. The molecule has 95 valence electrons. The third-order valence-corrected chi connectivity index (χ3v) is 4.11. The molecule has 0 atom stereocenters. The monoisotopic (exact) mass is 445 g/mol. The number of nitrogens with one attached hydrogen (secondary N) is 1. The van der Waals surface area contributed by atoms with Gasteiger partial charge in [-0.15, -0.1) is 0 Å². The maximum absolute atomic E-state index is 11.8. The summed E-state index contributed by atoms with van der Waals surface area (Å²) in [6.07, 6.45) is 0.177. The van der Waals surface area contributed by atoms with Gasteiger partial charge in [0, 0.05) is 0 Å². The van der Waals surface area contributed by atoms with Crippen LogP contribution in [0, 0.1) is 0 Å². The number of hydrogen-bond donors (Lipinski definition) is 3. The van der Waals surface area contributed by atoms with Gasteiger partial charge in [0.2, 0.25) is 0 Å². The average molecular weight is 444 g/mol. The van der Waals surface area contributed by atoms with Gasteiger partial charge in [-0.1, -0.05) is 0 Å². The van der Waals surface area contributed by atoms with Crippen LogP contribution in [-0.4, -0.2) is 64.1 Å². The van der Waals surface area contributed by atoms with E-state index in [9.17, 15) is 9.59 Å². The zero-order valence-electron chi connectivity index (χ0n) is 9.59. The second kappa shape index (κ2) is 7.44. The number of hydroxylamine groups is 1. The summed E-state index contributed by atoms with van der Waals surface area (Å²) in [6.45, 7) is 0.282. The number of benzene rings is 1. The molecule has 1 rings (SSSR count). The van der Waals surface area contributed by atoms with E-state index in [1.54, 1.807) is 32.5 Å². The van der Waals surface area contributed by atoms with Crippen LogP contribution < -0.4 is 5.48 Å². The van der Waals surface area contributed by atoms with Crippen LogP contribution >= 0.6 is 0 Å². The van der Waals surface area contributed by atoms with Gasteiger partial charge in [-0.25, -0.2) is 0 Å². The first-order valence-electron chi connectivity index (χ1n) is 5.24. The Bertz CT molecular complexity index is 439. The van der Waals surface area contributed by atoms with Gasteiger partial charge < -0.3 is 0 Å². The third kappa shape index (κ3) is 4.35. The molecule has 1 aromatic rings. The number of carbonyl (C=O) groups excluding carboxylic acids is 2. The Hall–Kier alpha value is -0.998. The molecule has 0 saturated heterocycles. The van der Waals surface area contributed by atoms with Crippen molar-refractivity contribution in [3.05, 3.63) is 35.4 Å². The van der Waals surface area contributed by atoms with E-state index in [-0.39, 0.29) is 18.9 Å². The Labute approximate surface area is 121 Å². The van der Waals surface area contributed by atoms with Gasteiger partial charge in [0.05, 0.1) is 0 Å². The Kier molecular flexibility index (Phi) is 6.22. The molecule has 18 heavy (non-hydrogen) atoms. The van der Waals surface area contributed by atoms with Crippen molar-refractivity contribution in [3.8, 4) is 0 Å². The minimum atomic E-state index is -0.609. The molecule has 0 aromatic heterocycles. The van der Waals surface area contributed by atoms with E-state index < -0.39 is 5.91 Å². The first kappa shape index (κ1) is 15.1. The molecule has 7 heteroatoms. The van der Waals surface area contributed by atoms with Crippen LogP contribution in [0.3, 0.4) is 0 Å². The van der Waals surface area contributed by atoms with Gasteiger partial charge in [-0.2, -0.15) is 0 Å². The van der Waals surface area contributed by atoms with Crippen molar-refractivity contribution >= 4 is 37.9 Å². The van der Waals surface area contributed by atoms with Gasteiger partial charge in [-0.3, -0.25) is 0 Å². The molecule has 0 aliphatic rings. The summed E-state index contributed by atoms with van der Waals surface area (Å²) in [7, 11) is 0. The molecule has 0 aliphatic heterocycles. The van der Waals surface area contributed by atoms with Crippen molar-refractivity contribution < 1.29 is 19.9 Å². The van der Waals surface area contributed by atoms with Gasteiger partial charge in [0.25, 0.3) is 0 Å². The molecule has 0 fully saturated rings.